The summed E-state index contributed by atoms with van der Waals surface area (Å²) < 4.78 is 7.43. The molecule has 0 bridgehead atoms. The summed E-state index contributed by atoms with van der Waals surface area (Å²) in [5.41, 5.74) is 3.64. The van der Waals surface area contributed by atoms with Crippen LogP contribution < -0.4 is 20.5 Å². The first-order chi connectivity index (χ1) is 14.7. The van der Waals surface area contributed by atoms with E-state index in [-0.39, 0.29) is 18.0 Å². The quantitative estimate of drug-likeness (QED) is 0.654. The number of rotatable bonds is 5. The molecule has 3 heterocycles. The normalized spacial score (nSPS) is 17.0. The van der Waals surface area contributed by atoms with Gasteiger partial charge in [0.05, 0.1) is 0 Å². The molecule has 0 aliphatic carbocycles. The summed E-state index contributed by atoms with van der Waals surface area (Å²) in [6, 6.07) is 21.6. The predicted molar refractivity (Wildman–Crippen MR) is 127 cm³/mol. The summed E-state index contributed by atoms with van der Waals surface area (Å²) in [7, 11) is 0. The van der Waals surface area contributed by atoms with Crippen molar-refractivity contribution in [3.8, 4) is 11.4 Å². The molecule has 31 heavy (non-hydrogen) atoms. The van der Waals surface area contributed by atoms with E-state index in [1.165, 1.54) is 31.6 Å². The van der Waals surface area contributed by atoms with E-state index < -0.39 is 0 Å². The molecule has 6 heteroatoms. The Labute approximate surface area is 189 Å². The monoisotopic (exact) mass is 437 g/mol. The Balaban J connectivity index is 0.00000231. The molecule has 5 nitrogen and oxygen atoms in total. The molecule has 1 N–H and O–H groups in total. The number of nitrogens with zero attached hydrogens (tertiary/aromatic N) is 2. The zero-order valence-electron chi connectivity index (χ0n) is 17.5. The average molecular weight is 438 g/mol. The van der Waals surface area contributed by atoms with Crippen molar-refractivity contribution in [2.24, 2.45) is 5.41 Å². The van der Waals surface area contributed by atoms with Gasteiger partial charge in [-0.15, -0.1) is 12.4 Å². The minimum absolute atomic E-state index is 0. The molecule has 1 aromatic heterocycles. The van der Waals surface area contributed by atoms with Gasteiger partial charge in [-0.25, -0.2) is 0 Å². The molecule has 0 unspecified atom stereocenters. The zero-order valence-corrected chi connectivity index (χ0v) is 18.3. The summed E-state index contributed by atoms with van der Waals surface area (Å²) >= 11 is 0. The Hall–Kier alpha value is -2.76. The molecule has 2 aromatic carbocycles. The third kappa shape index (κ3) is 4.63. The second-order valence-corrected chi connectivity index (χ2v) is 8.45. The first-order valence-corrected chi connectivity index (χ1v) is 10.7. The zero-order chi connectivity index (χ0) is 20.4. The van der Waals surface area contributed by atoms with Crippen LogP contribution in [0, 0.1) is 5.41 Å². The highest BCUT2D eigenvalue weighted by molar-refractivity contribution is 5.85. The van der Waals surface area contributed by atoms with E-state index >= 15 is 0 Å². The van der Waals surface area contributed by atoms with Gasteiger partial charge in [0.15, 0.2) is 0 Å². The number of hydrogen-bond donors (Lipinski definition) is 1. The molecule has 2 fully saturated rings. The van der Waals surface area contributed by atoms with Gasteiger partial charge in [-0.2, -0.15) is 0 Å². The third-order valence-corrected chi connectivity index (χ3v) is 6.46. The largest absolute Gasteiger partial charge is 0.489 e. The number of benzene rings is 2. The lowest BCUT2D eigenvalue weighted by Gasteiger charge is -2.49. The highest BCUT2D eigenvalue weighted by Gasteiger charge is 2.39. The highest BCUT2D eigenvalue weighted by atomic mass is 35.5. The topological polar surface area (TPSA) is 46.5 Å². The van der Waals surface area contributed by atoms with Crippen molar-refractivity contribution in [2.75, 3.05) is 31.1 Å². The molecule has 3 aromatic rings. The first kappa shape index (κ1) is 21.5. The van der Waals surface area contributed by atoms with Gasteiger partial charge in [0.25, 0.3) is 5.56 Å². The summed E-state index contributed by atoms with van der Waals surface area (Å²) in [5.74, 6) is 0.587. The molecule has 5 rings (SSSR count). The molecule has 0 radical (unpaired) electrons. The minimum atomic E-state index is -0.0919. The van der Waals surface area contributed by atoms with Crippen molar-refractivity contribution >= 4 is 18.1 Å². The molecular weight excluding hydrogens is 410 g/mol. The highest BCUT2D eigenvalue weighted by Crippen LogP contribution is 2.36. The molecule has 2 saturated heterocycles. The Morgan fingerprint density at radius 2 is 1.58 bits per heavy atom. The van der Waals surface area contributed by atoms with Crippen LogP contribution in [0.1, 0.15) is 18.4 Å². The molecular formula is C25H28ClN3O2. The van der Waals surface area contributed by atoms with Crippen LogP contribution >= 0.6 is 12.4 Å². The Kier molecular flexibility index (Phi) is 6.35. The Bertz CT molecular complexity index is 1050. The Morgan fingerprint density at radius 3 is 2.19 bits per heavy atom. The van der Waals surface area contributed by atoms with E-state index in [9.17, 15) is 4.79 Å². The molecule has 0 amide bonds. The van der Waals surface area contributed by atoms with E-state index in [1.807, 2.05) is 48.5 Å². The van der Waals surface area contributed by atoms with Crippen LogP contribution in [0.4, 0.5) is 5.69 Å². The number of aromatic nitrogens is 1. The fourth-order valence-electron chi connectivity index (χ4n) is 4.40. The molecule has 162 valence electrons. The number of ether oxygens (including phenoxy) is 1. The van der Waals surface area contributed by atoms with E-state index in [0.717, 1.165) is 24.3 Å². The maximum absolute atomic E-state index is 12.6. The second kappa shape index (κ2) is 9.16. The lowest BCUT2D eigenvalue weighted by atomic mass is 9.73. The first-order valence-electron chi connectivity index (χ1n) is 10.7. The molecule has 0 saturated carbocycles. The lowest BCUT2D eigenvalue weighted by Crippen LogP contribution is -2.58. The average Bonchev–Trinajstić information content (AvgIpc) is 2.78. The number of hydrogen-bond acceptors (Lipinski definition) is 4. The number of piperidine rings is 1. The van der Waals surface area contributed by atoms with Gasteiger partial charge in [0.1, 0.15) is 12.4 Å². The van der Waals surface area contributed by atoms with Gasteiger partial charge >= 0.3 is 0 Å². The van der Waals surface area contributed by atoms with Gasteiger partial charge in [-0.1, -0.05) is 30.3 Å². The Morgan fingerprint density at radius 1 is 0.903 bits per heavy atom. The lowest BCUT2D eigenvalue weighted by molar-refractivity contribution is 0.126. The van der Waals surface area contributed by atoms with E-state index in [4.69, 9.17) is 4.74 Å². The number of anilines is 1. The fourth-order valence-corrected chi connectivity index (χ4v) is 4.40. The van der Waals surface area contributed by atoms with Crippen LogP contribution in [0.25, 0.3) is 5.69 Å². The van der Waals surface area contributed by atoms with E-state index in [1.54, 1.807) is 16.8 Å². The second-order valence-electron chi connectivity index (χ2n) is 8.45. The smallest absolute Gasteiger partial charge is 0.258 e. The molecule has 1 spiro atoms. The van der Waals surface area contributed by atoms with Crippen molar-refractivity contribution in [2.45, 2.75) is 19.4 Å². The maximum Gasteiger partial charge on any atom is 0.258 e. The van der Waals surface area contributed by atoms with Crippen LogP contribution in [-0.4, -0.2) is 30.7 Å². The summed E-state index contributed by atoms with van der Waals surface area (Å²) in [6.07, 6.45) is 4.29. The van der Waals surface area contributed by atoms with Crippen LogP contribution in [0.3, 0.4) is 0 Å². The predicted octanol–water partition coefficient (Wildman–Crippen LogP) is 4.03. The van der Waals surface area contributed by atoms with Crippen LogP contribution in [0.2, 0.25) is 0 Å². The van der Waals surface area contributed by atoms with Crippen LogP contribution in [-0.2, 0) is 6.61 Å². The summed E-state index contributed by atoms with van der Waals surface area (Å²) in [6.45, 7) is 5.01. The standard InChI is InChI=1S/C25H27N3O2.ClH/c29-24-16-23(30-17-20-4-2-1-3-5-20)10-13-28(24)22-8-6-21(7-9-22)27-14-11-25(12-15-27)18-26-19-25;/h1-10,13,16,26H,11-12,14-15,17-19H2;1H. The number of pyridine rings is 1. The minimum Gasteiger partial charge on any atom is -0.489 e. The fraction of sp³-hybridized carbons (Fsp3) is 0.320. The van der Waals surface area contributed by atoms with E-state index in [0.29, 0.717) is 17.8 Å². The SMILES string of the molecule is Cl.O=c1cc(OCc2ccccc2)ccn1-c1ccc(N2CCC3(CC2)CNC3)cc1. The van der Waals surface area contributed by atoms with Crippen molar-refractivity contribution in [1.82, 2.24) is 9.88 Å². The van der Waals surface area contributed by atoms with Gasteiger partial charge in [0, 0.05) is 49.8 Å². The van der Waals surface area contributed by atoms with Crippen molar-refractivity contribution in [3.63, 3.8) is 0 Å². The van der Waals surface area contributed by atoms with Crippen molar-refractivity contribution < 1.29 is 4.74 Å². The van der Waals surface area contributed by atoms with Gasteiger partial charge < -0.3 is 15.0 Å². The van der Waals surface area contributed by atoms with Crippen molar-refractivity contribution in [3.05, 3.63) is 88.8 Å². The maximum atomic E-state index is 12.6. The summed E-state index contributed by atoms with van der Waals surface area (Å²) in [4.78, 5) is 15.1. The third-order valence-electron chi connectivity index (χ3n) is 6.46. The van der Waals surface area contributed by atoms with Gasteiger partial charge in [-0.05, 0) is 54.2 Å². The number of nitrogens with one attached hydrogen (secondary N) is 1. The number of halogens is 1. The summed E-state index contributed by atoms with van der Waals surface area (Å²) in [5, 5.41) is 3.42. The molecule has 2 aliphatic heterocycles. The van der Waals surface area contributed by atoms with Gasteiger partial charge in [0.2, 0.25) is 0 Å². The van der Waals surface area contributed by atoms with E-state index in [2.05, 4.69) is 22.3 Å². The van der Waals surface area contributed by atoms with Gasteiger partial charge in [-0.3, -0.25) is 9.36 Å². The molecule has 0 atom stereocenters. The van der Waals surface area contributed by atoms with Crippen molar-refractivity contribution in [1.29, 1.82) is 0 Å². The van der Waals surface area contributed by atoms with Crippen LogP contribution in [0.15, 0.2) is 77.7 Å². The molecule has 2 aliphatic rings. The van der Waals surface area contributed by atoms with Crippen LogP contribution in [0.5, 0.6) is 5.75 Å².